The van der Waals surface area contributed by atoms with Crippen LogP contribution in [0.2, 0.25) is 5.02 Å². The number of rotatable bonds is 3. The molecule has 0 saturated carbocycles. The Kier molecular flexibility index (Phi) is 3.94. The number of hydrogen-bond donors (Lipinski definition) is 2. The highest BCUT2D eigenvalue weighted by Crippen LogP contribution is 2.27. The van der Waals surface area contributed by atoms with Gasteiger partial charge in [-0.05, 0) is 24.8 Å². The minimum Gasteiger partial charge on any atom is -0.381 e. The summed E-state index contributed by atoms with van der Waals surface area (Å²) in [5.74, 6) is 0.243. The smallest absolute Gasteiger partial charge is 0.269 e. The molecule has 1 amide bonds. The van der Waals surface area contributed by atoms with Gasteiger partial charge in [-0.15, -0.1) is 0 Å². The molecule has 3 rings (SSSR count). The molecule has 0 unspecified atom stereocenters. The standard InChI is InChI=1S/C15H17ClN2O2/c16-13-11-5-1-2-6-12(11)18-14(13)15(19)17-8-10-4-3-7-20-9-10/h1-2,5-6,10,18H,3-4,7-9H2,(H,17,19)/t10-/m0/s1. The lowest BCUT2D eigenvalue weighted by molar-refractivity contribution is 0.0536. The lowest BCUT2D eigenvalue weighted by Crippen LogP contribution is -2.33. The number of aromatic nitrogens is 1. The number of para-hydroxylation sites is 1. The Morgan fingerprint density at radius 3 is 3.05 bits per heavy atom. The van der Waals surface area contributed by atoms with Crippen LogP contribution in [0.4, 0.5) is 0 Å². The van der Waals surface area contributed by atoms with E-state index in [2.05, 4.69) is 10.3 Å². The second-order valence-corrected chi connectivity index (χ2v) is 5.53. The van der Waals surface area contributed by atoms with Crippen LogP contribution in [0, 0.1) is 5.92 Å². The van der Waals surface area contributed by atoms with Crippen LogP contribution >= 0.6 is 11.6 Å². The summed E-state index contributed by atoms with van der Waals surface area (Å²) in [6.45, 7) is 2.18. The molecule has 20 heavy (non-hydrogen) atoms. The summed E-state index contributed by atoms with van der Waals surface area (Å²) in [5.41, 5.74) is 1.31. The van der Waals surface area contributed by atoms with Crippen LogP contribution in [0.1, 0.15) is 23.3 Å². The Hall–Kier alpha value is -1.52. The number of amides is 1. The van der Waals surface area contributed by atoms with Gasteiger partial charge in [-0.2, -0.15) is 0 Å². The molecule has 1 aromatic carbocycles. The van der Waals surface area contributed by atoms with Gasteiger partial charge in [-0.3, -0.25) is 4.79 Å². The van der Waals surface area contributed by atoms with Gasteiger partial charge in [0.1, 0.15) is 5.69 Å². The highest BCUT2D eigenvalue weighted by atomic mass is 35.5. The first-order chi connectivity index (χ1) is 9.75. The maximum atomic E-state index is 12.2. The average molecular weight is 293 g/mol. The topological polar surface area (TPSA) is 54.1 Å². The van der Waals surface area contributed by atoms with E-state index in [4.69, 9.17) is 16.3 Å². The Balaban J connectivity index is 1.70. The predicted octanol–water partition coefficient (Wildman–Crippen LogP) is 2.98. The summed E-state index contributed by atoms with van der Waals surface area (Å²) in [6, 6.07) is 7.63. The van der Waals surface area contributed by atoms with Crippen molar-refractivity contribution in [2.45, 2.75) is 12.8 Å². The van der Waals surface area contributed by atoms with Gasteiger partial charge in [0.2, 0.25) is 0 Å². The fraction of sp³-hybridized carbons (Fsp3) is 0.400. The molecule has 4 nitrogen and oxygen atoms in total. The van der Waals surface area contributed by atoms with E-state index in [0.717, 1.165) is 37.0 Å². The normalized spacial score (nSPS) is 19.1. The van der Waals surface area contributed by atoms with Gasteiger partial charge in [0.25, 0.3) is 5.91 Å². The van der Waals surface area contributed by atoms with Crippen molar-refractivity contribution in [1.82, 2.24) is 10.3 Å². The van der Waals surface area contributed by atoms with Gasteiger partial charge in [-0.25, -0.2) is 0 Å². The van der Waals surface area contributed by atoms with Gasteiger partial charge in [0.15, 0.2) is 0 Å². The number of nitrogens with one attached hydrogen (secondary N) is 2. The molecule has 0 spiro atoms. The van der Waals surface area contributed by atoms with E-state index in [1.165, 1.54) is 0 Å². The molecule has 0 aliphatic carbocycles. The molecule has 1 fully saturated rings. The molecular formula is C15H17ClN2O2. The molecule has 0 bridgehead atoms. The number of halogens is 1. The molecule has 0 radical (unpaired) electrons. The number of carbonyl (C=O) groups is 1. The maximum absolute atomic E-state index is 12.2. The van der Waals surface area contributed by atoms with E-state index >= 15 is 0 Å². The number of H-pyrrole nitrogens is 1. The fourth-order valence-corrected chi connectivity index (χ4v) is 2.86. The third-order valence-electron chi connectivity index (χ3n) is 3.68. The van der Waals surface area contributed by atoms with Crippen molar-refractivity contribution < 1.29 is 9.53 Å². The van der Waals surface area contributed by atoms with E-state index in [0.29, 0.717) is 23.2 Å². The van der Waals surface area contributed by atoms with Crippen molar-refractivity contribution in [2.24, 2.45) is 5.92 Å². The van der Waals surface area contributed by atoms with Crippen molar-refractivity contribution >= 4 is 28.4 Å². The summed E-state index contributed by atoms with van der Waals surface area (Å²) in [7, 11) is 0. The lowest BCUT2D eigenvalue weighted by Gasteiger charge is -2.22. The number of carbonyl (C=O) groups excluding carboxylic acids is 1. The second-order valence-electron chi connectivity index (χ2n) is 5.15. The van der Waals surface area contributed by atoms with Crippen molar-refractivity contribution in [1.29, 1.82) is 0 Å². The second kappa shape index (κ2) is 5.85. The Bertz CT molecular complexity index is 617. The van der Waals surface area contributed by atoms with Crippen LogP contribution in [0.5, 0.6) is 0 Å². The van der Waals surface area contributed by atoms with Crippen LogP contribution in [-0.4, -0.2) is 30.6 Å². The number of ether oxygens (including phenoxy) is 1. The Morgan fingerprint density at radius 2 is 2.30 bits per heavy atom. The summed E-state index contributed by atoms with van der Waals surface area (Å²) in [6.07, 6.45) is 2.16. The van der Waals surface area contributed by atoms with Gasteiger partial charge < -0.3 is 15.0 Å². The van der Waals surface area contributed by atoms with Crippen molar-refractivity contribution in [3.8, 4) is 0 Å². The van der Waals surface area contributed by atoms with Gasteiger partial charge in [-0.1, -0.05) is 29.8 Å². The highest BCUT2D eigenvalue weighted by molar-refractivity contribution is 6.38. The summed E-state index contributed by atoms with van der Waals surface area (Å²) in [4.78, 5) is 15.3. The van der Waals surface area contributed by atoms with E-state index < -0.39 is 0 Å². The zero-order chi connectivity index (χ0) is 13.9. The Labute approximate surface area is 122 Å². The maximum Gasteiger partial charge on any atom is 0.269 e. The monoisotopic (exact) mass is 292 g/mol. The number of hydrogen-bond acceptors (Lipinski definition) is 2. The highest BCUT2D eigenvalue weighted by Gasteiger charge is 2.19. The molecular weight excluding hydrogens is 276 g/mol. The minimum atomic E-state index is -0.156. The first-order valence-electron chi connectivity index (χ1n) is 6.88. The first-order valence-corrected chi connectivity index (χ1v) is 7.25. The van der Waals surface area contributed by atoms with E-state index in [-0.39, 0.29) is 5.91 Å². The summed E-state index contributed by atoms with van der Waals surface area (Å²) in [5, 5.41) is 4.30. The minimum absolute atomic E-state index is 0.156. The van der Waals surface area contributed by atoms with Gasteiger partial charge in [0, 0.05) is 24.1 Å². The van der Waals surface area contributed by atoms with Crippen LogP contribution in [0.3, 0.4) is 0 Å². The predicted molar refractivity (Wildman–Crippen MR) is 79.2 cm³/mol. The van der Waals surface area contributed by atoms with Crippen LogP contribution in [0.25, 0.3) is 10.9 Å². The Morgan fingerprint density at radius 1 is 1.45 bits per heavy atom. The van der Waals surface area contributed by atoms with Crippen LogP contribution < -0.4 is 5.32 Å². The summed E-state index contributed by atoms with van der Waals surface area (Å²) >= 11 is 6.26. The number of aromatic amines is 1. The van der Waals surface area contributed by atoms with Crippen molar-refractivity contribution in [2.75, 3.05) is 19.8 Å². The molecule has 2 heterocycles. The van der Waals surface area contributed by atoms with Crippen molar-refractivity contribution in [3.63, 3.8) is 0 Å². The third-order valence-corrected chi connectivity index (χ3v) is 4.07. The fourth-order valence-electron chi connectivity index (χ4n) is 2.56. The molecule has 1 aliphatic rings. The van der Waals surface area contributed by atoms with Crippen LogP contribution in [0.15, 0.2) is 24.3 Å². The van der Waals surface area contributed by atoms with E-state index in [9.17, 15) is 4.79 Å². The molecule has 1 atom stereocenters. The molecule has 1 aliphatic heterocycles. The van der Waals surface area contributed by atoms with Gasteiger partial charge in [0.05, 0.1) is 11.6 Å². The zero-order valence-electron chi connectivity index (χ0n) is 11.1. The molecule has 1 saturated heterocycles. The quantitative estimate of drug-likeness (QED) is 0.914. The van der Waals surface area contributed by atoms with Crippen molar-refractivity contribution in [3.05, 3.63) is 35.0 Å². The van der Waals surface area contributed by atoms with E-state index in [1.54, 1.807) is 0 Å². The number of benzene rings is 1. The molecule has 1 aromatic heterocycles. The number of fused-ring (bicyclic) bond motifs is 1. The largest absolute Gasteiger partial charge is 0.381 e. The first kappa shape index (κ1) is 13.5. The zero-order valence-corrected chi connectivity index (χ0v) is 11.9. The van der Waals surface area contributed by atoms with E-state index in [1.807, 2.05) is 24.3 Å². The molecule has 5 heteroatoms. The summed E-state index contributed by atoms with van der Waals surface area (Å²) < 4.78 is 5.41. The third kappa shape index (κ3) is 2.67. The molecule has 2 aromatic rings. The molecule has 106 valence electrons. The average Bonchev–Trinajstić information content (AvgIpc) is 2.84. The van der Waals surface area contributed by atoms with Crippen LogP contribution in [-0.2, 0) is 4.74 Å². The lowest BCUT2D eigenvalue weighted by atomic mass is 10.0. The molecule has 2 N–H and O–H groups in total. The SMILES string of the molecule is O=C(NC[C@@H]1CCCOC1)c1[nH]c2ccccc2c1Cl. The van der Waals surface area contributed by atoms with Gasteiger partial charge >= 0.3 is 0 Å².